The molecular formula is C17H24N4. The monoisotopic (exact) mass is 284 g/mol. The molecule has 0 radical (unpaired) electrons. The van der Waals surface area contributed by atoms with Crippen molar-refractivity contribution in [1.29, 1.82) is 0 Å². The molecule has 4 nitrogen and oxygen atoms in total. The lowest BCUT2D eigenvalue weighted by Gasteiger charge is -2.15. The van der Waals surface area contributed by atoms with Crippen LogP contribution in [-0.4, -0.2) is 21.1 Å². The molecule has 1 N–H and O–H groups in total. The molecule has 2 heterocycles. The maximum Gasteiger partial charge on any atom is 0.126 e. The zero-order chi connectivity index (χ0) is 14.7. The van der Waals surface area contributed by atoms with Gasteiger partial charge in [-0.05, 0) is 51.2 Å². The smallest absolute Gasteiger partial charge is 0.126 e. The average molecular weight is 284 g/mol. The largest absolute Gasteiger partial charge is 0.370 e. The Bertz CT molecular complexity index is 615. The van der Waals surface area contributed by atoms with E-state index >= 15 is 0 Å². The zero-order valence-corrected chi connectivity index (χ0v) is 13.0. The van der Waals surface area contributed by atoms with Crippen LogP contribution in [0.1, 0.15) is 49.1 Å². The van der Waals surface area contributed by atoms with E-state index in [9.17, 15) is 0 Å². The van der Waals surface area contributed by atoms with E-state index in [0.717, 1.165) is 49.7 Å². The Hall–Kier alpha value is -1.84. The summed E-state index contributed by atoms with van der Waals surface area (Å²) in [5.41, 5.74) is 3.83. The zero-order valence-electron chi connectivity index (χ0n) is 13.0. The van der Waals surface area contributed by atoms with Crippen LogP contribution in [0.25, 0.3) is 0 Å². The molecule has 2 aromatic heterocycles. The van der Waals surface area contributed by atoms with E-state index < -0.39 is 0 Å². The van der Waals surface area contributed by atoms with E-state index in [1.54, 1.807) is 0 Å². The van der Waals surface area contributed by atoms with Crippen molar-refractivity contribution in [2.75, 3.05) is 11.9 Å². The van der Waals surface area contributed by atoms with Gasteiger partial charge in [0, 0.05) is 12.2 Å². The molecule has 2 aromatic rings. The van der Waals surface area contributed by atoms with Crippen LogP contribution in [0.2, 0.25) is 0 Å². The van der Waals surface area contributed by atoms with E-state index in [2.05, 4.69) is 35.9 Å². The minimum Gasteiger partial charge on any atom is -0.370 e. The topological polar surface area (TPSA) is 42.7 Å². The highest BCUT2D eigenvalue weighted by molar-refractivity contribution is 5.35. The van der Waals surface area contributed by atoms with Crippen molar-refractivity contribution >= 4 is 5.82 Å². The number of rotatable bonds is 5. The van der Waals surface area contributed by atoms with E-state index in [4.69, 9.17) is 9.97 Å². The van der Waals surface area contributed by atoms with Crippen molar-refractivity contribution in [3.63, 3.8) is 0 Å². The quantitative estimate of drug-likeness (QED) is 0.915. The van der Waals surface area contributed by atoms with Crippen molar-refractivity contribution in [3.05, 3.63) is 41.1 Å². The van der Waals surface area contributed by atoms with Crippen molar-refractivity contribution in [2.45, 2.75) is 52.5 Å². The van der Waals surface area contributed by atoms with Gasteiger partial charge in [0.05, 0.1) is 17.9 Å². The first-order chi connectivity index (χ1) is 10.3. The number of aromatic nitrogens is 3. The Morgan fingerprint density at radius 1 is 1.19 bits per heavy atom. The van der Waals surface area contributed by atoms with Gasteiger partial charge in [-0.15, -0.1) is 0 Å². The SMILES string of the molecule is CCCNc1cccc(Cn2c(C)nc3c2CCCC3)n1. The third-order valence-corrected chi connectivity index (χ3v) is 4.11. The predicted molar refractivity (Wildman–Crippen MR) is 85.7 cm³/mol. The van der Waals surface area contributed by atoms with E-state index in [1.165, 1.54) is 24.2 Å². The molecule has 0 saturated heterocycles. The number of pyridine rings is 1. The van der Waals surface area contributed by atoms with E-state index in [0.29, 0.717) is 0 Å². The standard InChI is InChI=1S/C17H24N4/c1-3-11-18-17-10-6-7-14(20-17)12-21-13(2)19-15-8-4-5-9-16(15)21/h6-7,10H,3-5,8-9,11-12H2,1-2H3,(H,18,20). The van der Waals surface area contributed by atoms with Gasteiger partial charge in [-0.3, -0.25) is 0 Å². The van der Waals surface area contributed by atoms with Gasteiger partial charge in [-0.1, -0.05) is 13.0 Å². The highest BCUT2D eigenvalue weighted by Crippen LogP contribution is 2.23. The van der Waals surface area contributed by atoms with E-state index in [-0.39, 0.29) is 0 Å². The highest BCUT2D eigenvalue weighted by Gasteiger charge is 2.18. The van der Waals surface area contributed by atoms with Gasteiger partial charge in [0.25, 0.3) is 0 Å². The Morgan fingerprint density at radius 2 is 2.05 bits per heavy atom. The Morgan fingerprint density at radius 3 is 2.90 bits per heavy atom. The molecule has 3 rings (SSSR count). The molecule has 0 unspecified atom stereocenters. The second kappa shape index (κ2) is 6.29. The normalized spacial score (nSPS) is 14.0. The molecule has 0 fully saturated rings. The summed E-state index contributed by atoms with van der Waals surface area (Å²) in [4.78, 5) is 9.45. The first kappa shape index (κ1) is 14.1. The van der Waals surface area contributed by atoms with Gasteiger partial charge in [0.1, 0.15) is 11.6 Å². The van der Waals surface area contributed by atoms with E-state index in [1.807, 2.05) is 6.07 Å². The first-order valence-electron chi connectivity index (χ1n) is 8.02. The Kier molecular flexibility index (Phi) is 4.23. The van der Waals surface area contributed by atoms with Gasteiger partial charge in [0.2, 0.25) is 0 Å². The number of anilines is 1. The van der Waals surface area contributed by atoms with Crippen molar-refractivity contribution < 1.29 is 0 Å². The summed E-state index contributed by atoms with van der Waals surface area (Å²) in [5, 5.41) is 3.36. The first-order valence-corrected chi connectivity index (χ1v) is 8.02. The third-order valence-electron chi connectivity index (χ3n) is 4.11. The molecule has 0 aliphatic heterocycles. The molecule has 0 aromatic carbocycles. The fraction of sp³-hybridized carbons (Fsp3) is 0.529. The van der Waals surface area contributed by atoms with Crippen LogP contribution >= 0.6 is 0 Å². The summed E-state index contributed by atoms with van der Waals surface area (Å²) in [7, 11) is 0. The third kappa shape index (κ3) is 3.09. The molecule has 1 aliphatic carbocycles. The molecule has 0 spiro atoms. The summed E-state index contributed by atoms with van der Waals surface area (Å²) in [5.74, 6) is 2.09. The highest BCUT2D eigenvalue weighted by atomic mass is 15.1. The molecule has 0 saturated carbocycles. The molecule has 4 heteroatoms. The fourth-order valence-electron chi connectivity index (χ4n) is 3.03. The maximum absolute atomic E-state index is 4.74. The minimum absolute atomic E-state index is 0.829. The van der Waals surface area contributed by atoms with Gasteiger partial charge in [-0.25, -0.2) is 9.97 Å². The Balaban J connectivity index is 1.82. The van der Waals surface area contributed by atoms with Gasteiger partial charge >= 0.3 is 0 Å². The second-order valence-electron chi connectivity index (χ2n) is 5.79. The summed E-state index contributed by atoms with van der Waals surface area (Å²) in [6, 6.07) is 6.22. The van der Waals surface area contributed by atoms with Crippen LogP contribution in [0.3, 0.4) is 0 Å². The molecule has 1 aliphatic rings. The number of hydrogen-bond acceptors (Lipinski definition) is 3. The fourth-order valence-corrected chi connectivity index (χ4v) is 3.03. The molecule has 0 bridgehead atoms. The van der Waals surface area contributed by atoms with Crippen LogP contribution in [-0.2, 0) is 19.4 Å². The second-order valence-corrected chi connectivity index (χ2v) is 5.79. The molecule has 112 valence electrons. The van der Waals surface area contributed by atoms with Crippen molar-refractivity contribution in [2.24, 2.45) is 0 Å². The minimum atomic E-state index is 0.829. The molecular weight excluding hydrogens is 260 g/mol. The van der Waals surface area contributed by atoms with Crippen LogP contribution in [0.5, 0.6) is 0 Å². The van der Waals surface area contributed by atoms with Crippen LogP contribution in [0.15, 0.2) is 18.2 Å². The van der Waals surface area contributed by atoms with Crippen molar-refractivity contribution in [3.8, 4) is 0 Å². The lowest BCUT2D eigenvalue weighted by molar-refractivity contribution is 0.620. The van der Waals surface area contributed by atoms with Gasteiger partial charge < -0.3 is 9.88 Å². The molecule has 0 atom stereocenters. The van der Waals surface area contributed by atoms with Gasteiger partial charge in [-0.2, -0.15) is 0 Å². The summed E-state index contributed by atoms with van der Waals surface area (Å²) in [6.45, 7) is 6.07. The maximum atomic E-state index is 4.74. The van der Waals surface area contributed by atoms with Crippen molar-refractivity contribution in [1.82, 2.24) is 14.5 Å². The number of nitrogens with zero attached hydrogens (tertiary/aromatic N) is 3. The van der Waals surface area contributed by atoms with Gasteiger partial charge in [0.15, 0.2) is 0 Å². The number of imidazole rings is 1. The number of fused-ring (bicyclic) bond motifs is 1. The van der Waals surface area contributed by atoms with Crippen LogP contribution in [0.4, 0.5) is 5.82 Å². The number of hydrogen-bond donors (Lipinski definition) is 1. The molecule has 21 heavy (non-hydrogen) atoms. The summed E-state index contributed by atoms with van der Waals surface area (Å²) >= 11 is 0. The summed E-state index contributed by atoms with van der Waals surface area (Å²) < 4.78 is 2.35. The predicted octanol–water partition coefficient (Wildman–Crippen LogP) is 3.34. The lowest BCUT2D eigenvalue weighted by Crippen LogP contribution is -2.12. The van der Waals surface area contributed by atoms with Crippen LogP contribution in [0, 0.1) is 6.92 Å². The molecule has 0 amide bonds. The Labute approximate surface area is 126 Å². The average Bonchev–Trinajstić information content (AvgIpc) is 2.82. The lowest BCUT2D eigenvalue weighted by atomic mass is 10.0. The summed E-state index contributed by atoms with van der Waals surface area (Å²) in [6.07, 6.45) is 5.96. The number of aryl methyl sites for hydroxylation is 2. The number of nitrogens with one attached hydrogen (secondary N) is 1. The van der Waals surface area contributed by atoms with Crippen LogP contribution < -0.4 is 5.32 Å².